The Balaban J connectivity index is 1.91. The average Bonchev–Trinajstić information content (AvgIpc) is 2.57. The summed E-state index contributed by atoms with van der Waals surface area (Å²) in [7, 11) is -3.73. The van der Waals surface area contributed by atoms with Crippen molar-refractivity contribution in [3.63, 3.8) is 0 Å². The molecule has 0 aromatic heterocycles. The number of nitrogens with one attached hydrogen (secondary N) is 1. The number of sulfonamides is 1. The van der Waals surface area contributed by atoms with Crippen LogP contribution in [0, 0.1) is 0 Å². The number of phenolic OH excluding ortho intramolecular Hbond substituents is 1. The average molecular weight is 326 g/mol. The van der Waals surface area contributed by atoms with E-state index in [0.29, 0.717) is 5.56 Å². The van der Waals surface area contributed by atoms with E-state index in [2.05, 4.69) is 9.93 Å². The van der Waals surface area contributed by atoms with E-state index in [1.807, 2.05) is 24.3 Å². The lowest BCUT2D eigenvalue weighted by Crippen LogP contribution is -2.18. The quantitative estimate of drug-likeness (QED) is 0.571. The molecule has 0 saturated heterocycles. The molecule has 0 atom stereocenters. The van der Waals surface area contributed by atoms with Gasteiger partial charge in [0.15, 0.2) is 0 Å². The van der Waals surface area contributed by atoms with Gasteiger partial charge >= 0.3 is 0 Å². The van der Waals surface area contributed by atoms with Gasteiger partial charge in [0, 0.05) is 5.56 Å². The van der Waals surface area contributed by atoms with E-state index < -0.39 is 10.0 Å². The zero-order valence-corrected chi connectivity index (χ0v) is 12.9. The summed E-state index contributed by atoms with van der Waals surface area (Å²) in [5, 5.41) is 15.5. The first-order chi connectivity index (χ1) is 11.1. The molecule has 2 N–H and O–H groups in total. The fourth-order valence-electron chi connectivity index (χ4n) is 2.23. The predicted molar refractivity (Wildman–Crippen MR) is 90.0 cm³/mol. The minimum atomic E-state index is -3.73. The molecule has 0 saturated carbocycles. The topological polar surface area (TPSA) is 78.8 Å². The minimum Gasteiger partial charge on any atom is -0.507 e. The number of rotatable bonds is 4. The molecule has 0 bridgehead atoms. The SMILES string of the molecule is O=S(=O)(N/N=C\c1c(O)ccc2ccccc12)c1ccccc1. The Morgan fingerprint density at radius 1 is 0.913 bits per heavy atom. The van der Waals surface area contributed by atoms with Crippen LogP contribution in [0.4, 0.5) is 0 Å². The van der Waals surface area contributed by atoms with Crippen molar-refractivity contribution in [2.45, 2.75) is 4.90 Å². The molecule has 3 aromatic carbocycles. The Morgan fingerprint density at radius 3 is 2.39 bits per heavy atom. The molecule has 0 heterocycles. The summed E-state index contributed by atoms with van der Waals surface area (Å²) in [6, 6.07) is 18.8. The largest absolute Gasteiger partial charge is 0.507 e. The number of aromatic hydroxyl groups is 1. The molecule has 5 nitrogen and oxygen atoms in total. The zero-order valence-electron chi connectivity index (χ0n) is 12.0. The molecule has 23 heavy (non-hydrogen) atoms. The molecule has 0 aliphatic rings. The van der Waals surface area contributed by atoms with Crippen molar-refractivity contribution >= 4 is 27.0 Å². The van der Waals surface area contributed by atoms with Crippen LogP contribution in [0.3, 0.4) is 0 Å². The maximum atomic E-state index is 12.1. The van der Waals surface area contributed by atoms with Crippen molar-refractivity contribution in [2.24, 2.45) is 5.10 Å². The van der Waals surface area contributed by atoms with Gasteiger partial charge in [-0.15, -0.1) is 0 Å². The lowest BCUT2D eigenvalue weighted by Gasteiger charge is -2.05. The minimum absolute atomic E-state index is 0.0337. The summed E-state index contributed by atoms with van der Waals surface area (Å²) in [5.41, 5.74) is 0.457. The van der Waals surface area contributed by atoms with Crippen LogP contribution in [0.25, 0.3) is 10.8 Å². The van der Waals surface area contributed by atoms with E-state index in [4.69, 9.17) is 0 Å². The van der Waals surface area contributed by atoms with E-state index in [9.17, 15) is 13.5 Å². The van der Waals surface area contributed by atoms with Gasteiger partial charge in [-0.2, -0.15) is 13.5 Å². The number of hydrogen-bond donors (Lipinski definition) is 2. The lowest BCUT2D eigenvalue weighted by atomic mass is 10.0. The molecule has 116 valence electrons. The summed E-state index contributed by atoms with van der Waals surface area (Å²) in [5.74, 6) is 0.0337. The van der Waals surface area contributed by atoms with Crippen molar-refractivity contribution in [1.29, 1.82) is 0 Å². The van der Waals surface area contributed by atoms with Gasteiger partial charge in [0.2, 0.25) is 0 Å². The zero-order chi connectivity index (χ0) is 16.3. The highest BCUT2D eigenvalue weighted by atomic mass is 32.2. The van der Waals surface area contributed by atoms with Gasteiger partial charge in [-0.05, 0) is 29.0 Å². The van der Waals surface area contributed by atoms with Crippen LogP contribution in [0.1, 0.15) is 5.56 Å². The molecular formula is C17H14N2O3S. The highest BCUT2D eigenvalue weighted by Crippen LogP contribution is 2.25. The number of hydrazone groups is 1. The van der Waals surface area contributed by atoms with Crippen LogP contribution in [0.15, 0.2) is 76.7 Å². The smallest absolute Gasteiger partial charge is 0.276 e. The maximum Gasteiger partial charge on any atom is 0.276 e. The molecule has 0 aliphatic heterocycles. The lowest BCUT2D eigenvalue weighted by molar-refractivity contribution is 0.475. The first-order valence-corrected chi connectivity index (χ1v) is 8.37. The van der Waals surface area contributed by atoms with Crippen LogP contribution in [-0.2, 0) is 10.0 Å². The molecule has 6 heteroatoms. The molecule has 0 amide bonds. The number of phenols is 1. The van der Waals surface area contributed by atoms with E-state index in [1.165, 1.54) is 18.3 Å². The normalized spacial score (nSPS) is 11.8. The second kappa shape index (κ2) is 6.10. The molecule has 3 aromatic rings. The van der Waals surface area contributed by atoms with Crippen LogP contribution in [-0.4, -0.2) is 19.7 Å². The van der Waals surface area contributed by atoms with Crippen molar-refractivity contribution in [3.8, 4) is 5.75 Å². The first kappa shape index (κ1) is 15.1. The Labute approximate surface area is 134 Å². The monoisotopic (exact) mass is 326 g/mol. The third-order valence-corrected chi connectivity index (χ3v) is 4.61. The van der Waals surface area contributed by atoms with Crippen molar-refractivity contribution in [1.82, 2.24) is 4.83 Å². The summed E-state index contributed by atoms with van der Waals surface area (Å²) in [4.78, 5) is 2.27. The molecule has 3 rings (SSSR count). The number of benzene rings is 3. The second-order valence-corrected chi connectivity index (χ2v) is 6.55. The van der Waals surface area contributed by atoms with Crippen LogP contribution in [0.2, 0.25) is 0 Å². The standard InChI is InChI=1S/C17H14N2O3S/c20-17-11-10-13-6-4-5-9-15(13)16(17)12-18-19-23(21,22)14-7-2-1-3-8-14/h1-12,19-20H/b18-12-. The van der Waals surface area contributed by atoms with Crippen LogP contribution < -0.4 is 4.83 Å². The van der Waals surface area contributed by atoms with Crippen LogP contribution >= 0.6 is 0 Å². The second-order valence-electron chi connectivity index (χ2n) is 4.89. The Hall–Kier alpha value is -2.86. The molecule has 0 fully saturated rings. The van der Waals surface area contributed by atoms with Crippen LogP contribution in [0.5, 0.6) is 5.75 Å². The fraction of sp³-hybridized carbons (Fsp3) is 0. The van der Waals surface area contributed by atoms with Crippen molar-refractivity contribution in [2.75, 3.05) is 0 Å². The van der Waals surface area contributed by atoms with Gasteiger partial charge in [0.25, 0.3) is 10.0 Å². The van der Waals surface area contributed by atoms with Gasteiger partial charge in [0.1, 0.15) is 5.75 Å². The van der Waals surface area contributed by atoms with Gasteiger partial charge in [-0.1, -0.05) is 48.5 Å². The first-order valence-electron chi connectivity index (χ1n) is 6.88. The van der Waals surface area contributed by atoms with E-state index in [-0.39, 0.29) is 10.6 Å². The van der Waals surface area contributed by atoms with Crippen molar-refractivity contribution < 1.29 is 13.5 Å². The Bertz CT molecular complexity index is 968. The third-order valence-electron chi connectivity index (χ3n) is 3.37. The van der Waals surface area contributed by atoms with Gasteiger partial charge in [-0.25, -0.2) is 4.83 Å². The molecule has 0 aliphatic carbocycles. The van der Waals surface area contributed by atoms with E-state index in [1.54, 1.807) is 30.3 Å². The summed E-state index contributed by atoms with van der Waals surface area (Å²) in [6.07, 6.45) is 1.30. The fourth-order valence-corrected chi connectivity index (χ4v) is 3.04. The van der Waals surface area contributed by atoms with Gasteiger partial charge in [-0.3, -0.25) is 0 Å². The highest BCUT2D eigenvalue weighted by Gasteiger charge is 2.11. The number of fused-ring (bicyclic) bond motifs is 1. The predicted octanol–water partition coefficient (Wildman–Crippen LogP) is 2.86. The van der Waals surface area contributed by atoms with Gasteiger partial charge in [0.05, 0.1) is 11.1 Å². The Morgan fingerprint density at radius 2 is 1.61 bits per heavy atom. The van der Waals surface area contributed by atoms with E-state index >= 15 is 0 Å². The third kappa shape index (κ3) is 3.17. The molecular weight excluding hydrogens is 312 g/mol. The van der Waals surface area contributed by atoms with Crippen molar-refractivity contribution in [3.05, 3.63) is 72.3 Å². The summed E-state index contributed by atoms with van der Waals surface area (Å²) >= 11 is 0. The molecule has 0 unspecified atom stereocenters. The van der Waals surface area contributed by atoms with E-state index in [0.717, 1.165) is 10.8 Å². The molecule has 0 radical (unpaired) electrons. The highest BCUT2D eigenvalue weighted by molar-refractivity contribution is 7.89. The Kier molecular flexibility index (Phi) is 3.99. The maximum absolute atomic E-state index is 12.1. The summed E-state index contributed by atoms with van der Waals surface area (Å²) < 4.78 is 24.2. The van der Waals surface area contributed by atoms with Gasteiger partial charge < -0.3 is 5.11 Å². The summed E-state index contributed by atoms with van der Waals surface area (Å²) in [6.45, 7) is 0. The number of nitrogens with zero attached hydrogens (tertiary/aromatic N) is 1. The molecule has 0 spiro atoms. The number of hydrogen-bond acceptors (Lipinski definition) is 4.